The highest BCUT2D eigenvalue weighted by molar-refractivity contribution is 14.0. The zero-order valence-corrected chi connectivity index (χ0v) is 23.0. The van der Waals surface area contributed by atoms with Crippen molar-refractivity contribution in [1.82, 2.24) is 25.3 Å². The summed E-state index contributed by atoms with van der Waals surface area (Å²) in [5, 5.41) is 11.4. The summed E-state index contributed by atoms with van der Waals surface area (Å²) in [6, 6.07) is 8.09. The number of benzene rings is 1. The summed E-state index contributed by atoms with van der Waals surface area (Å²) in [7, 11) is 1.99. The highest BCUT2D eigenvalue weighted by atomic mass is 127. The maximum Gasteiger partial charge on any atom is 0.253 e. The fourth-order valence-electron chi connectivity index (χ4n) is 4.28. The van der Waals surface area contributed by atoms with Gasteiger partial charge in [0.2, 0.25) is 0 Å². The number of halogens is 1. The zero-order valence-electron chi connectivity index (χ0n) is 20.6. The molecule has 2 aromatic rings. The predicted octanol–water partition coefficient (Wildman–Crippen LogP) is 3.97. The van der Waals surface area contributed by atoms with Gasteiger partial charge in [0.05, 0.1) is 12.2 Å². The van der Waals surface area contributed by atoms with Gasteiger partial charge in [-0.25, -0.2) is 4.99 Å². The van der Waals surface area contributed by atoms with Gasteiger partial charge in [-0.05, 0) is 76.6 Å². The Hall–Kier alpha value is -2.10. The van der Waals surface area contributed by atoms with Crippen LogP contribution in [-0.4, -0.2) is 52.2 Å². The fraction of sp³-hybridized carbons (Fsp3) is 0.560. The number of amides is 1. The Kier molecular flexibility index (Phi) is 10.7. The number of hydrogen-bond donors (Lipinski definition) is 2. The Morgan fingerprint density at radius 3 is 2.58 bits per heavy atom. The van der Waals surface area contributed by atoms with Gasteiger partial charge in [-0.2, -0.15) is 5.10 Å². The molecule has 0 spiro atoms. The van der Waals surface area contributed by atoms with Gasteiger partial charge in [0.1, 0.15) is 0 Å². The van der Waals surface area contributed by atoms with Crippen LogP contribution in [0.2, 0.25) is 0 Å². The molecular weight excluding hydrogens is 527 g/mol. The molecule has 1 amide bonds. The standard InChI is InChI=1S/C25H38N6O.HI/c1-6-26-25(28-18(2)15-23-19(3)29-30(5)20(23)4)27-17-21-11-10-12-22(16-21)24(32)31-13-8-7-9-14-31;/h10-12,16,18H,6-9,13-15,17H2,1-5H3,(H2,26,27,28);1H. The summed E-state index contributed by atoms with van der Waals surface area (Å²) in [6.45, 7) is 11.4. The fourth-order valence-corrected chi connectivity index (χ4v) is 4.28. The van der Waals surface area contributed by atoms with E-state index in [0.29, 0.717) is 6.54 Å². The van der Waals surface area contributed by atoms with Gasteiger partial charge in [0.25, 0.3) is 5.91 Å². The molecule has 1 saturated heterocycles. The van der Waals surface area contributed by atoms with Crippen molar-refractivity contribution < 1.29 is 4.79 Å². The van der Waals surface area contributed by atoms with Crippen LogP contribution in [0.25, 0.3) is 0 Å². The Labute approximate surface area is 215 Å². The van der Waals surface area contributed by atoms with Crippen molar-refractivity contribution in [3.63, 3.8) is 0 Å². The maximum atomic E-state index is 12.8. The lowest BCUT2D eigenvalue weighted by atomic mass is 10.1. The average molecular weight is 567 g/mol. The smallest absolute Gasteiger partial charge is 0.253 e. The molecule has 0 radical (unpaired) electrons. The molecule has 182 valence electrons. The largest absolute Gasteiger partial charge is 0.357 e. The average Bonchev–Trinajstić information content (AvgIpc) is 3.03. The maximum absolute atomic E-state index is 12.8. The third-order valence-electron chi connectivity index (χ3n) is 6.13. The highest BCUT2D eigenvalue weighted by Gasteiger charge is 2.18. The number of nitrogens with one attached hydrogen (secondary N) is 2. The van der Waals surface area contributed by atoms with E-state index in [1.165, 1.54) is 17.7 Å². The van der Waals surface area contributed by atoms with Gasteiger partial charge in [0, 0.05) is 44.0 Å². The van der Waals surface area contributed by atoms with E-state index in [9.17, 15) is 4.79 Å². The van der Waals surface area contributed by atoms with Gasteiger partial charge >= 0.3 is 0 Å². The van der Waals surface area contributed by atoms with Crippen LogP contribution in [0.1, 0.15) is 66.0 Å². The number of piperidine rings is 1. The first-order chi connectivity index (χ1) is 15.4. The lowest BCUT2D eigenvalue weighted by Crippen LogP contribution is -2.43. The van der Waals surface area contributed by atoms with Crippen LogP contribution in [0.5, 0.6) is 0 Å². The Bertz CT molecular complexity index is 948. The second-order valence-electron chi connectivity index (χ2n) is 8.77. The van der Waals surface area contributed by atoms with Gasteiger partial charge in [-0.1, -0.05) is 12.1 Å². The second kappa shape index (κ2) is 13.0. The van der Waals surface area contributed by atoms with Crippen molar-refractivity contribution in [1.29, 1.82) is 0 Å². The van der Waals surface area contributed by atoms with Gasteiger partial charge in [-0.3, -0.25) is 9.48 Å². The zero-order chi connectivity index (χ0) is 23.1. The minimum absolute atomic E-state index is 0. The third kappa shape index (κ3) is 7.45. The SMILES string of the molecule is CCNC(=NCc1cccc(C(=O)N2CCCCC2)c1)NC(C)Cc1c(C)nn(C)c1C.I. The summed E-state index contributed by atoms with van der Waals surface area (Å²) in [5.74, 6) is 0.920. The number of carbonyl (C=O) groups excluding carboxylic acids is 1. The number of aryl methyl sites for hydroxylation is 2. The number of aliphatic imine (C=N–C) groups is 1. The molecule has 1 atom stereocenters. The number of hydrogen-bond acceptors (Lipinski definition) is 3. The molecule has 1 unspecified atom stereocenters. The molecule has 3 rings (SSSR count). The van der Waals surface area contributed by atoms with Crippen molar-refractivity contribution in [2.75, 3.05) is 19.6 Å². The number of rotatable bonds is 7. The molecule has 1 fully saturated rings. The van der Waals surface area contributed by atoms with E-state index in [-0.39, 0.29) is 35.9 Å². The number of guanidine groups is 1. The number of likely N-dealkylation sites (tertiary alicyclic amines) is 1. The predicted molar refractivity (Wildman–Crippen MR) is 145 cm³/mol. The summed E-state index contributed by atoms with van der Waals surface area (Å²) in [4.78, 5) is 19.6. The van der Waals surface area contributed by atoms with Crippen molar-refractivity contribution in [3.05, 3.63) is 52.3 Å². The molecule has 1 aromatic heterocycles. The first-order valence-electron chi connectivity index (χ1n) is 11.8. The summed E-state index contributed by atoms with van der Waals surface area (Å²) in [6.07, 6.45) is 4.31. The van der Waals surface area contributed by atoms with Crippen molar-refractivity contribution in [3.8, 4) is 0 Å². The lowest BCUT2D eigenvalue weighted by Gasteiger charge is -2.26. The van der Waals surface area contributed by atoms with Crippen LogP contribution in [0, 0.1) is 13.8 Å². The number of nitrogens with zero attached hydrogens (tertiary/aromatic N) is 4. The number of carbonyl (C=O) groups is 1. The first kappa shape index (κ1) is 27.1. The van der Waals surface area contributed by atoms with E-state index < -0.39 is 0 Å². The van der Waals surface area contributed by atoms with E-state index in [1.807, 2.05) is 40.9 Å². The molecule has 0 saturated carbocycles. The molecule has 0 bridgehead atoms. The Morgan fingerprint density at radius 2 is 1.94 bits per heavy atom. The van der Waals surface area contributed by atoms with Gasteiger partial charge in [0.15, 0.2) is 5.96 Å². The van der Waals surface area contributed by atoms with Crippen LogP contribution in [0.15, 0.2) is 29.3 Å². The monoisotopic (exact) mass is 566 g/mol. The topological polar surface area (TPSA) is 74.6 Å². The molecule has 1 aliphatic heterocycles. The first-order valence-corrected chi connectivity index (χ1v) is 11.8. The summed E-state index contributed by atoms with van der Waals surface area (Å²) >= 11 is 0. The molecule has 7 nitrogen and oxygen atoms in total. The molecule has 8 heteroatoms. The van der Waals surface area contributed by atoms with E-state index >= 15 is 0 Å². The van der Waals surface area contributed by atoms with Crippen molar-refractivity contribution in [2.45, 2.75) is 66.0 Å². The molecule has 1 aromatic carbocycles. The normalized spacial score (nSPS) is 15.1. The molecule has 2 heterocycles. The number of aromatic nitrogens is 2. The highest BCUT2D eigenvalue weighted by Crippen LogP contribution is 2.16. The summed E-state index contributed by atoms with van der Waals surface area (Å²) in [5.41, 5.74) is 5.36. The van der Waals surface area contributed by atoms with Crippen molar-refractivity contribution >= 4 is 35.8 Å². The van der Waals surface area contributed by atoms with E-state index in [1.54, 1.807) is 0 Å². The van der Waals surface area contributed by atoms with Crippen molar-refractivity contribution in [2.24, 2.45) is 12.0 Å². The van der Waals surface area contributed by atoms with E-state index in [0.717, 1.165) is 61.7 Å². The summed E-state index contributed by atoms with van der Waals surface area (Å²) < 4.78 is 1.94. The van der Waals surface area contributed by atoms with E-state index in [2.05, 4.69) is 43.4 Å². The van der Waals surface area contributed by atoms with E-state index in [4.69, 9.17) is 4.99 Å². The minimum Gasteiger partial charge on any atom is -0.357 e. The van der Waals surface area contributed by atoms with Crippen LogP contribution < -0.4 is 10.6 Å². The molecular formula is C25H39IN6O. The molecule has 2 N–H and O–H groups in total. The van der Waals surface area contributed by atoms with Crippen LogP contribution >= 0.6 is 24.0 Å². The lowest BCUT2D eigenvalue weighted by molar-refractivity contribution is 0.0724. The quantitative estimate of drug-likeness (QED) is 0.302. The van der Waals surface area contributed by atoms with Crippen LogP contribution in [-0.2, 0) is 20.0 Å². The molecule has 33 heavy (non-hydrogen) atoms. The molecule has 1 aliphatic rings. The minimum atomic E-state index is 0. The van der Waals surface area contributed by atoms with Crippen LogP contribution in [0.3, 0.4) is 0 Å². The van der Waals surface area contributed by atoms with Gasteiger partial charge in [-0.15, -0.1) is 24.0 Å². The Morgan fingerprint density at radius 1 is 1.21 bits per heavy atom. The Balaban J connectivity index is 0.00000385. The van der Waals surface area contributed by atoms with Crippen LogP contribution in [0.4, 0.5) is 0 Å². The third-order valence-corrected chi connectivity index (χ3v) is 6.13. The van der Waals surface area contributed by atoms with Gasteiger partial charge < -0.3 is 15.5 Å². The second-order valence-corrected chi connectivity index (χ2v) is 8.77. The molecule has 0 aliphatic carbocycles.